The number of ether oxygens (including phenoxy) is 2. The Morgan fingerprint density at radius 1 is 1.47 bits per heavy atom. The molecule has 0 amide bonds. The van der Waals surface area contributed by atoms with E-state index in [2.05, 4.69) is 4.98 Å². The minimum atomic E-state index is -0.362. The van der Waals surface area contributed by atoms with Crippen LogP contribution in [0.3, 0.4) is 0 Å². The Bertz CT molecular complexity index is 241. The lowest BCUT2D eigenvalue weighted by Gasteiger charge is -2.08. The van der Waals surface area contributed by atoms with Gasteiger partial charge in [0.25, 0.3) is 0 Å². The fourth-order valence-electron chi connectivity index (χ4n) is 1.12. The van der Waals surface area contributed by atoms with Crippen LogP contribution in [-0.2, 0) is 15.9 Å². The van der Waals surface area contributed by atoms with Gasteiger partial charge in [0, 0.05) is 31.7 Å². The summed E-state index contributed by atoms with van der Waals surface area (Å²) < 4.78 is 10.1. The van der Waals surface area contributed by atoms with Gasteiger partial charge in [0.15, 0.2) is 0 Å². The molecule has 1 aromatic rings. The van der Waals surface area contributed by atoms with Gasteiger partial charge in [-0.2, -0.15) is 0 Å². The second-order valence-electron chi connectivity index (χ2n) is 3.18. The molecule has 0 saturated heterocycles. The number of thiazole rings is 1. The Labute approximate surface area is 93.9 Å². The third-order valence-electron chi connectivity index (χ3n) is 1.92. The first kappa shape index (κ1) is 12.6. The Hall–Kier alpha value is -0.490. The molecule has 86 valence electrons. The molecule has 5 heteroatoms. The molecule has 0 bridgehead atoms. The van der Waals surface area contributed by atoms with Gasteiger partial charge < -0.3 is 14.6 Å². The maximum atomic E-state index is 9.63. The molecule has 1 unspecified atom stereocenters. The maximum Gasteiger partial charge on any atom is 0.0950 e. The van der Waals surface area contributed by atoms with Crippen LogP contribution in [-0.4, -0.2) is 43.1 Å². The van der Waals surface area contributed by atoms with Crippen LogP contribution in [0.25, 0.3) is 0 Å². The van der Waals surface area contributed by atoms with Crippen molar-refractivity contribution in [2.24, 2.45) is 0 Å². The molecule has 0 aliphatic carbocycles. The van der Waals surface area contributed by atoms with E-state index in [1.165, 1.54) is 0 Å². The van der Waals surface area contributed by atoms with Gasteiger partial charge in [-0.15, -0.1) is 11.3 Å². The molecule has 1 rings (SSSR count). The Morgan fingerprint density at radius 2 is 2.33 bits per heavy atom. The van der Waals surface area contributed by atoms with Crippen molar-refractivity contribution in [2.45, 2.75) is 18.9 Å². The first-order valence-electron chi connectivity index (χ1n) is 4.96. The summed E-state index contributed by atoms with van der Waals surface area (Å²) in [4.78, 5) is 4.11. The monoisotopic (exact) mass is 231 g/mol. The average molecular weight is 231 g/mol. The lowest BCUT2D eigenvalue weighted by Crippen LogP contribution is -2.14. The zero-order chi connectivity index (χ0) is 10.9. The van der Waals surface area contributed by atoms with E-state index in [0.29, 0.717) is 32.7 Å². The molecule has 1 atom stereocenters. The highest BCUT2D eigenvalue weighted by Gasteiger charge is 2.06. The summed E-state index contributed by atoms with van der Waals surface area (Å²) >= 11 is 1.57. The van der Waals surface area contributed by atoms with Crippen molar-refractivity contribution in [1.29, 1.82) is 0 Å². The van der Waals surface area contributed by atoms with Crippen LogP contribution >= 0.6 is 11.3 Å². The SMILES string of the molecule is COCCOCCC(O)Cc1nccs1. The van der Waals surface area contributed by atoms with Crippen molar-refractivity contribution in [3.8, 4) is 0 Å². The van der Waals surface area contributed by atoms with Gasteiger partial charge in [0.2, 0.25) is 0 Å². The molecular weight excluding hydrogens is 214 g/mol. The van der Waals surface area contributed by atoms with E-state index in [0.717, 1.165) is 5.01 Å². The van der Waals surface area contributed by atoms with Crippen molar-refractivity contribution in [1.82, 2.24) is 4.98 Å². The van der Waals surface area contributed by atoms with Crippen molar-refractivity contribution in [3.05, 3.63) is 16.6 Å². The van der Waals surface area contributed by atoms with Crippen molar-refractivity contribution in [2.75, 3.05) is 26.9 Å². The first-order valence-corrected chi connectivity index (χ1v) is 5.84. The first-order chi connectivity index (χ1) is 7.33. The standard InChI is InChI=1S/C10H17NO3S/c1-13-5-6-14-4-2-9(12)8-10-11-3-7-15-10/h3,7,9,12H,2,4-6,8H2,1H3. The second kappa shape index (κ2) is 7.76. The zero-order valence-electron chi connectivity index (χ0n) is 8.89. The predicted octanol–water partition coefficient (Wildman–Crippen LogP) is 1.10. The quantitative estimate of drug-likeness (QED) is 0.681. The van der Waals surface area contributed by atoms with Gasteiger partial charge >= 0.3 is 0 Å². The summed E-state index contributed by atoms with van der Waals surface area (Å²) in [7, 11) is 1.64. The van der Waals surface area contributed by atoms with Gasteiger partial charge in [-0.05, 0) is 6.42 Å². The molecule has 0 aliphatic rings. The normalized spacial score (nSPS) is 12.9. The Kier molecular flexibility index (Phi) is 6.50. The predicted molar refractivity (Wildman–Crippen MR) is 59.1 cm³/mol. The van der Waals surface area contributed by atoms with Crippen LogP contribution in [0, 0.1) is 0 Å². The largest absolute Gasteiger partial charge is 0.393 e. The number of hydrogen-bond donors (Lipinski definition) is 1. The summed E-state index contributed by atoms with van der Waals surface area (Å²) in [6, 6.07) is 0. The van der Waals surface area contributed by atoms with Gasteiger partial charge in [0.05, 0.1) is 24.3 Å². The smallest absolute Gasteiger partial charge is 0.0950 e. The number of hydrogen-bond acceptors (Lipinski definition) is 5. The lowest BCUT2D eigenvalue weighted by molar-refractivity contribution is 0.0479. The molecule has 0 saturated carbocycles. The van der Waals surface area contributed by atoms with Gasteiger partial charge in [-0.3, -0.25) is 0 Å². The molecule has 15 heavy (non-hydrogen) atoms. The highest BCUT2D eigenvalue weighted by Crippen LogP contribution is 2.08. The molecule has 0 aromatic carbocycles. The highest BCUT2D eigenvalue weighted by molar-refractivity contribution is 7.09. The summed E-state index contributed by atoms with van der Waals surface area (Å²) in [6.45, 7) is 1.75. The molecule has 0 fully saturated rings. The molecule has 0 aliphatic heterocycles. The van der Waals surface area contributed by atoms with Crippen molar-refractivity contribution in [3.63, 3.8) is 0 Å². The van der Waals surface area contributed by atoms with Crippen molar-refractivity contribution >= 4 is 11.3 Å². The van der Waals surface area contributed by atoms with E-state index < -0.39 is 0 Å². The number of aliphatic hydroxyl groups excluding tert-OH is 1. The molecule has 1 aromatic heterocycles. The minimum Gasteiger partial charge on any atom is -0.393 e. The van der Waals surface area contributed by atoms with Gasteiger partial charge in [-0.1, -0.05) is 0 Å². The van der Waals surface area contributed by atoms with Crippen LogP contribution in [0.5, 0.6) is 0 Å². The molecule has 1 N–H and O–H groups in total. The third kappa shape index (κ3) is 5.84. The summed E-state index contributed by atoms with van der Waals surface area (Å²) in [6.07, 6.45) is 2.65. The van der Waals surface area contributed by atoms with Crippen LogP contribution in [0.15, 0.2) is 11.6 Å². The molecule has 1 heterocycles. The maximum absolute atomic E-state index is 9.63. The highest BCUT2D eigenvalue weighted by atomic mass is 32.1. The van der Waals surface area contributed by atoms with E-state index in [1.807, 2.05) is 5.38 Å². The molecule has 0 spiro atoms. The molecule has 0 radical (unpaired) electrons. The Balaban J connectivity index is 2.01. The number of aromatic nitrogens is 1. The lowest BCUT2D eigenvalue weighted by atomic mass is 10.2. The number of aliphatic hydroxyl groups is 1. The second-order valence-corrected chi connectivity index (χ2v) is 4.16. The summed E-state index contributed by atoms with van der Waals surface area (Å²) in [5.74, 6) is 0. The fourth-order valence-corrected chi connectivity index (χ4v) is 1.81. The van der Waals surface area contributed by atoms with Crippen LogP contribution in [0.4, 0.5) is 0 Å². The molecule has 4 nitrogen and oxygen atoms in total. The topological polar surface area (TPSA) is 51.6 Å². The van der Waals surface area contributed by atoms with Crippen molar-refractivity contribution < 1.29 is 14.6 Å². The number of nitrogens with zero attached hydrogens (tertiary/aromatic N) is 1. The zero-order valence-corrected chi connectivity index (χ0v) is 9.70. The number of rotatable bonds is 8. The van der Waals surface area contributed by atoms with Gasteiger partial charge in [-0.25, -0.2) is 4.98 Å². The third-order valence-corrected chi connectivity index (χ3v) is 2.72. The van der Waals surface area contributed by atoms with Crippen LogP contribution in [0.2, 0.25) is 0 Å². The summed E-state index contributed by atoms with van der Waals surface area (Å²) in [5.41, 5.74) is 0. The van der Waals surface area contributed by atoms with E-state index in [-0.39, 0.29) is 6.10 Å². The average Bonchev–Trinajstić information content (AvgIpc) is 2.70. The van der Waals surface area contributed by atoms with Crippen LogP contribution < -0.4 is 0 Å². The van der Waals surface area contributed by atoms with Gasteiger partial charge in [0.1, 0.15) is 0 Å². The van der Waals surface area contributed by atoms with Crippen LogP contribution in [0.1, 0.15) is 11.4 Å². The fraction of sp³-hybridized carbons (Fsp3) is 0.700. The Morgan fingerprint density at radius 3 is 3.00 bits per heavy atom. The van der Waals surface area contributed by atoms with E-state index in [4.69, 9.17) is 9.47 Å². The van der Waals surface area contributed by atoms with E-state index in [1.54, 1.807) is 24.6 Å². The van der Waals surface area contributed by atoms with E-state index in [9.17, 15) is 5.11 Å². The summed E-state index contributed by atoms with van der Waals surface area (Å²) in [5, 5.41) is 12.5. The van der Waals surface area contributed by atoms with E-state index >= 15 is 0 Å². The minimum absolute atomic E-state index is 0.362. The molecular formula is C10H17NO3S. The number of methoxy groups -OCH3 is 1.